The zero-order valence-electron chi connectivity index (χ0n) is 37.1. The number of halogens is 2. The molecule has 0 bridgehead atoms. The lowest BCUT2D eigenvalue weighted by Crippen LogP contribution is -2.41. The largest absolute Gasteiger partial charge is 0.438 e. The van der Waals surface area contributed by atoms with Crippen molar-refractivity contribution >= 4 is 27.7 Å². The Morgan fingerprint density at radius 1 is 0.938 bits per heavy atom. The number of hydrogen-bond acceptors (Lipinski definition) is 8. The average molecular weight is 883 g/mol. The van der Waals surface area contributed by atoms with Crippen LogP contribution in [0.25, 0.3) is 39.0 Å². The van der Waals surface area contributed by atoms with E-state index in [0.29, 0.717) is 76.9 Å². The third-order valence-electron chi connectivity index (χ3n) is 14.2. The Hall–Kier alpha value is -6.88. The minimum Gasteiger partial charge on any atom is -0.376 e. The molecule has 5 aromatic heterocycles. The smallest absolute Gasteiger partial charge is 0.376 e. The Balaban J connectivity index is 1.06. The van der Waals surface area contributed by atoms with Crippen molar-refractivity contribution in [3.63, 3.8) is 0 Å². The van der Waals surface area contributed by atoms with Gasteiger partial charge in [-0.15, -0.1) is 0 Å². The van der Waals surface area contributed by atoms with Crippen LogP contribution in [0.5, 0.6) is 0 Å². The maximum absolute atomic E-state index is 16.1. The van der Waals surface area contributed by atoms with E-state index in [4.69, 9.17) is 14.4 Å². The molecule has 0 radical (unpaired) electrons. The molecule has 0 unspecified atom stereocenters. The van der Waals surface area contributed by atoms with Gasteiger partial charge in [-0.2, -0.15) is 10.2 Å². The normalized spacial score (nSPS) is 21.7. The van der Waals surface area contributed by atoms with E-state index in [1.807, 2.05) is 17.6 Å². The van der Waals surface area contributed by atoms with Crippen LogP contribution in [0.15, 0.2) is 81.2 Å². The third kappa shape index (κ3) is 6.14. The summed E-state index contributed by atoms with van der Waals surface area (Å²) in [6.45, 7) is 12.5. The van der Waals surface area contributed by atoms with Crippen LogP contribution >= 0.6 is 0 Å². The van der Waals surface area contributed by atoms with Crippen molar-refractivity contribution in [1.29, 1.82) is 0 Å². The number of nitrogens with one attached hydrogen (secondary N) is 1. The lowest BCUT2D eigenvalue weighted by Gasteiger charge is -2.35. The summed E-state index contributed by atoms with van der Waals surface area (Å²) in [5, 5.41) is 14.6. The van der Waals surface area contributed by atoms with E-state index in [1.54, 1.807) is 65.6 Å². The predicted octanol–water partition coefficient (Wildman–Crippen LogP) is 7.44. The van der Waals surface area contributed by atoms with Crippen molar-refractivity contribution in [2.24, 2.45) is 13.0 Å². The number of rotatable bonds is 7. The second kappa shape index (κ2) is 14.3. The van der Waals surface area contributed by atoms with E-state index >= 15 is 13.6 Å². The molecule has 15 nitrogen and oxygen atoms in total. The minimum atomic E-state index is -0.857. The van der Waals surface area contributed by atoms with Crippen molar-refractivity contribution in [3.8, 4) is 17.2 Å². The third-order valence-corrected chi connectivity index (χ3v) is 14.2. The average Bonchev–Trinajstić information content (AvgIpc) is 3.90. The summed E-state index contributed by atoms with van der Waals surface area (Å²) in [5.74, 6) is -0.925. The second-order valence-electron chi connectivity index (χ2n) is 18.8. The van der Waals surface area contributed by atoms with Crippen LogP contribution in [-0.2, 0) is 23.7 Å². The van der Waals surface area contributed by atoms with E-state index in [1.165, 1.54) is 21.5 Å². The Morgan fingerprint density at radius 3 is 2.38 bits per heavy atom. The number of hydrogen-bond donors (Lipinski definition) is 1. The van der Waals surface area contributed by atoms with Crippen LogP contribution < -0.4 is 11.4 Å². The molecule has 2 fully saturated rings. The summed E-state index contributed by atoms with van der Waals surface area (Å²) >= 11 is 0. The maximum atomic E-state index is 16.1. The fraction of sp³-hybridized carbons (Fsp3) is 0.375. The first-order chi connectivity index (χ1) is 31.1. The molecule has 2 aliphatic heterocycles. The topological polar surface area (TPSA) is 156 Å². The molecule has 0 spiro atoms. The van der Waals surface area contributed by atoms with Gasteiger partial charge in [0.05, 0.1) is 45.8 Å². The lowest BCUT2D eigenvalue weighted by atomic mass is 9.83. The number of amides is 1. The van der Waals surface area contributed by atoms with Crippen molar-refractivity contribution in [1.82, 2.24) is 48.3 Å². The highest BCUT2D eigenvalue weighted by Crippen LogP contribution is 2.56. The minimum absolute atomic E-state index is 0.00109. The molecular weight excluding hydrogens is 835 g/mol. The first kappa shape index (κ1) is 40.9. The molecule has 1 saturated carbocycles. The van der Waals surface area contributed by atoms with Gasteiger partial charge in [0.15, 0.2) is 11.6 Å². The van der Waals surface area contributed by atoms with Gasteiger partial charge in [-0.3, -0.25) is 28.1 Å². The van der Waals surface area contributed by atoms with Gasteiger partial charge in [0.1, 0.15) is 22.9 Å². The van der Waals surface area contributed by atoms with E-state index in [0.717, 1.165) is 29.3 Å². The number of carbonyl (C=O) groups is 1. The highest BCUT2D eigenvalue weighted by molar-refractivity contribution is 6.00. The fourth-order valence-corrected chi connectivity index (χ4v) is 10.8. The summed E-state index contributed by atoms with van der Waals surface area (Å²) in [5.41, 5.74) is 3.92. The molecule has 17 heteroatoms. The van der Waals surface area contributed by atoms with Crippen LogP contribution in [0.2, 0.25) is 0 Å². The van der Waals surface area contributed by atoms with Crippen molar-refractivity contribution in [3.05, 3.63) is 139 Å². The molecule has 4 atom stereocenters. The van der Waals surface area contributed by atoms with Crippen LogP contribution in [0.1, 0.15) is 103 Å². The first-order valence-electron chi connectivity index (χ1n) is 22.0. The molecule has 334 valence electrons. The van der Waals surface area contributed by atoms with Crippen molar-refractivity contribution < 1.29 is 22.8 Å². The van der Waals surface area contributed by atoms with Crippen LogP contribution in [0.4, 0.5) is 8.78 Å². The number of H-pyrrole nitrogens is 1. The molecular formula is C48H48F2N10O5. The van der Waals surface area contributed by atoms with Crippen molar-refractivity contribution in [2.75, 3.05) is 13.2 Å². The van der Waals surface area contributed by atoms with Crippen LogP contribution in [0, 0.1) is 31.4 Å². The van der Waals surface area contributed by atoms with Gasteiger partial charge in [0.25, 0.3) is 5.91 Å². The zero-order valence-corrected chi connectivity index (χ0v) is 37.1. The SMILES string of the molecule is Cc1cc(-n2nc3c(c2-n2ccn(-c4ccc5c(cnn5C)c4F)c2=O)[C@@H](C)N(C(=O)c2cc4cc([C@H]5CCOC(C)(C)C5)ccc4n2[C@@]2(c4noc(=O)[nH]4)C[C@H]2C)CC3)cc(C)c1F. The number of imidazole rings is 1. The van der Waals surface area contributed by atoms with Gasteiger partial charge < -0.3 is 14.2 Å². The Morgan fingerprint density at radius 2 is 1.68 bits per heavy atom. The Bertz CT molecular complexity index is 3380. The highest BCUT2D eigenvalue weighted by Gasteiger charge is 2.59. The van der Waals surface area contributed by atoms with Gasteiger partial charge >= 0.3 is 11.4 Å². The zero-order chi connectivity index (χ0) is 45.4. The number of carbonyl (C=O) groups excluding carboxylic acids is 1. The quantitative estimate of drug-likeness (QED) is 0.173. The van der Waals surface area contributed by atoms with E-state index < -0.39 is 28.8 Å². The fourth-order valence-electron chi connectivity index (χ4n) is 10.8. The highest BCUT2D eigenvalue weighted by atomic mass is 19.1. The Kier molecular flexibility index (Phi) is 9.00. The molecule has 7 heterocycles. The Labute approximate surface area is 370 Å². The summed E-state index contributed by atoms with van der Waals surface area (Å²) in [7, 11) is 1.72. The van der Waals surface area contributed by atoms with Gasteiger partial charge in [0, 0.05) is 55.5 Å². The molecule has 65 heavy (non-hydrogen) atoms. The summed E-state index contributed by atoms with van der Waals surface area (Å²) < 4.78 is 50.2. The van der Waals surface area contributed by atoms with E-state index in [-0.39, 0.29) is 40.2 Å². The molecule has 8 aromatic rings. The first-order valence-corrected chi connectivity index (χ1v) is 22.0. The lowest BCUT2D eigenvalue weighted by molar-refractivity contribution is -0.0592. The molecule has 1 aliphatic carbocycles. The van der Waals surface area contributed by atoms with Gasteiger partial charge in [-0.1, -0.05) is 18.1 Å². The second-order valence-corrected chi connectivity index (χ2v) is 18.8. The van der Waals surface area contributed by atoms with Gasteiger partial charge in [0.2, 0.25) is 0 Å². The van der Waals surface area contributed by atoms with Crippen LogP contribution in [0.3, 0.4) is 0 Å². The molecule has 3 aromatic carbocycles. The summed E-state index contributed by atoms with van der Waals surface area (Å²) in [6, 6.07) is 14.3. The van der Waals surface area contributed by atoms with E-state index in [2.05, 4.69) is 54.2 Å². The monoisotopic (exact) mass is 882 g/mol. The van der Waals surface area contributed by atoms with Gasteiger partial charge in [-0.05, 0) is 125 Å². The number of fused-ring (bicyclic) bond motifs is 3. The van der Waals surface area contributed by atoms with Crippen molar-refractivity contribution in [2.45, 2.75) is 90.3 Å². The van der Waals surface area contributed by atoms with Gasteiger partial charge in [-0.25, -0.2) is 23.1 Å². The molecule has 3 aliphatic rings. The molecule has 1 amide bonds. The number of ether oxygens (including phenoxy) is 1. The number of aromatic amines is 1. The molecule has 1 saturated heterocycles. The molecule has 11 rings (SSSR count). The maximum Gasteiger partial charge on any atom is 0.438 e. The summed E-state index contributed by atoms with van der Waals surface area (Å²) in [4.78, 5) is 47.2. The number of nitrogens with zero attached hydrogens (tertiary/aromatic N) is 9. The summed E-state index contributed by atoms with van der Waals surface area (Å²) in [6.07, 6.45) is 7.17. The van der Waals surface area contributed by atoms with E-state index in [9.17, 15) is 9.59 Å². The number of benzene rings is 3. The molecule has 1 N–H and O–H groups in total. The van der Waals surface area contributed by atoms with Crippen LogP contribution in [-0.4, -0.2) is 73.0 Å². The predicted molar refractivity (Wildman–Crippen MR) is 237 cm³/mol. The standard InChI is InChI=1S/C48H48F2N10O5/c1-25-18-32(19-26(2)40(25)49)60-42(58-16-15-57(46(58)63)37-11-10-36-33(41(37)50)24-51-55(36)7)39-28(4)56(14-12-34(39)53-60)43(61)38-21-31-20-29(30-13-17-64-47(5,6)23-30)8-9-35(31)59(38)48(22-27(48)3)44-52-45(62)65-54-44/h8-11,15-16,18-21,24,27-28,30H,12-14,17,22-23H2,1-7H3,(H,52,54,62)/t27-,28-,30+,48+/m1/s1. The number of aromatic nitrogens is 9. The number of aryl methyl sites for hydroxylation is 3.